The molecule has 0 radical (unpaired) electrons. The van der Waals surface area contributed by atoms with Crippen molar-refractivity contribution in [3.05, 3.63) is 59.2 Å². The highest BCUT2D eigenvalue weighted by Gasteiger charge is 2.20. The van der Waals surface area contributed by atoms with Crippen LogP contribution in [0.15, 0.2) is 47.5 Å². The Morgan fingerprint density at radius 3 is 2.71 bits per heavy atom. The van der Waals surface area contributed by atoms with Crippen LogP contribution in [0.1, 0.15) is 23.1 Å². The molecule has 2 aliphatic rings. The predicted molar refractivity (Wildman–Crippen MR) is 131 cm³/mol. The molecule has 0 bridgehead atoms. The Morgan fingerprint density at radius 1 is 1.13 bits per heavy atom. The number of hydrogen-bond donors (Lipinski definition) is 2. The molecule has 1 aliphatic carbocycles. The Bertz CT molecular complexity index is 948. The number of likely N-dealkylation sites (N-methyl/N-ethyl adjacent to an activating group) is 1. The van der Waals surface area contributed by atoms with Gasteiger partial charge < -0.3 is 25.0 Å². The van der Waals surface area contributed by atoms with Crippen LogP contribution in [0.4, 0.5) is 0 Å². The molecule has 7 nitrogen and oxygen atoms in total. The second-order valence-corrected chi connectivity index (χ2v) is 7.85. The fraction of sp³-hybridized carbons (Fsp3) is 0.391. The highest BCUT2D eigenvalue weighted by molar-refractivity contribution is 14.0. The number of halogens is 1. The first-order chi connectivity index (χ1) is 14.6. The van der Waals surface area contributed by atoms with Crippen molar-refractivity contribution in [2.24, 2.45) is 4.99 Å². The molecule has 1 heterocycles. The van der Waals surface area contributed by atoms with Gasteiger partial charge in [0.05, 0.1) is 13.1 Å². The van der Waals surface area contributed by atoms with Gasteiger partial charge in [0.15, 0.2) is 17.5 Å². The van der Waals surface area contributed by atoms with Crippen molar-refractivity contribution in [2.75, 3.05) is 27.4 Å². The standard InChI is InChI=1S/C23H28N4O3.HI/c1-27(2)22(28)14-25-23(24-13-16-7-10-20-21(11-16)30-15-29-20)26-19-9-8-17-5-3-4-6-18(17)12-19;/h3-7,10-11,19H,8-9,12-15H2,1-2H3,(H2,24,25,26);1H. The Balaban J connectivity index is 0.00000272. The minimum absolute atomic E-state index is 0. The number of carbonyl (C=O) groups is 1. The van der Waals surface area contributed by atoms with Crippen molar-refractivity contribution in [3.8, 4) is 11.5 Å². The monoisotopic (exact) mass is 536 g/mol. The number of benzene rings is 2. The third-order valence-electron chi connectivity index (χ3n) is 5.45. The molecule has 0 saturated carbocycles. The Morgan fingerprint density at radius 2 is 1.90 bits per heavy atom. The Labute approximate surface area is 200 Å². The van der Waals surface area contributed by atoms with Crippen molar-refractivity contribution in [2.45, 2.75) is 31.8 Å². The molecule has 1 atom stereocenters. The summed E-state index contributed by atoms with van der Waals surface area (Å²) in [6, 6.07) is 14.7. The van der Waals surface area contributed by atoms with Gasteiger partial charge in [0.2, 0.25) is 12.7 Å². The van der Waals surface area contributed by atoms with E-state index in [0.717, 1.165) is 36.3 Å². The summed E-state index contributed by atoms with van der Waals surface area (Å²) in [4.78, 5) is 18.4. The predicted octanol–water partition coefficient (Wildman–Crippen LogP) is 2.71. The summed E-state index contributed by atoms with van der Waals surface area (Å²) in [5, 5.41) is 6.71. The molecule has 8 heteroatoms. The SMILES string of the molecule is CN(C)C(=O)CNC(=NCc1ccc2c(c1)OCO2)NC1CCc2ccccc2C1.I. The number of fused-ring (bicyclic) bond motifs is 2. The van der Waals surface area contributed by atoms with Gasteiger partial charge in [-0.3, -0.25) is 4.79 Å². The first-order valence-electron chi connectivity index (χ1n) is 10.3. The summed E-state index contributed by atoms with van der Waals surface area (Å²) < 4.78 is 10.8. The molecule has 2 aromatic rings. The number of aryl methyl sites for hydroxylation is 1. The molecular formula is C23H29IN4O3. The lowest BCUT2D eigenvalue weighted by Crippen LogP contribution is -2.48. The number of nitrogens with one attached hydrogen (secondary N) is 2. The van der Waals surface area contributed by atoms with Crippen molar-refractivity contribution in [1.29, 1.82) is 0 Å². The van der Waals surface area contributed by atoms with Gasteiger partial charge in [0.1, 0.15) is 0 Å². The smallest absolute Gasteiger partial charge is 0.241 e. The lowest BCUT2D eigenvalue weighted by molar-refractivity contribution is -0.127. The normalized spacial score (nSPS) is 16.7. The number of carbonyl (C=O) groups excluding carboxylic acids is 1. The molecule has 1 aliphatic heterocycles. The van der Waals surface area contributed by atoms with E-state index in [2.05, 4.69) is 34.9 Å². The van der Waals surface area contributed by atoms with Crippen LogP contribution in [-0.2, 0) is 24.2 Å². The summed E-state index contributed by atoms with van der Waals surface area (Å²) in [6.07, 6.45) is 3.02. The summed E-state index contributed by atoms with van der Waals surface area (Å²) in [5.74, 6) is 2.15. The van der Waals surface area contributed by atoms with Crippen LogP contribution < -0.4 is 20.1 Å². The zero-order valence-electron chi connectivity index (χ0n) is 17.9. The summed E-state index contributed by atoms with van der Waals surface area (Å²) in [6.45, 7) is 0.931. The minimum atomic E-state index is 0. The average molecular weight is 536 g/mol. The lowest BCUT2D eigenvalue weighted by Gasteiger charge is -2.27. The van der Waals surface area contributed by atoms with Gasteiger partial charge in [0.25, 0.3) is 0 Å². The second-order valence-electron chi connectivity index (χ2n) is 7.85. The van der Waals surface area contributed by atoms with Gasteiger partial charge in [-0.1, -0.05) is 30.3 Å². The molecule has 2 aromatic carbocycles. The minimum Gasteiger partial charge on any atom is -0.454 e. The number of aliphatic imine (C=N–C) groups is 1. The van der Waals surface area contributed by atoms with E-state index in [4.69, 9.17) is 14.5 Å². The third-order valence-corrected chi connectivity index (χ3v) is 5.45. The molecule has 2 N–H and O–H groups in total. The van der Waals surface area contributed by atoms with Gasteiger partial charge in [-0.2, -0.15) is 0 Å². The van der Waals surface area contributed by atoms with Gasteiger partial charge in [0, 0.05) is 20.1 Å². The molecule has 0 spiro atoms. The van der Waals surface area contributed by atoms with Crippen LogP contribution in [-0.4, -0.2) is 50.2 Å². The van der Waals surface area contributed by atoms with E-state index in [1.54, 1.807) is 19.0 Å². The number of rotatable bonds is 5. The fourth-order valence-corrected chi connectivity index (χ4v) is 3.69. The van der Waals surface area contributed by atoms with Gasteiger partial charge in [-0.25, -0.2) is 4.99 Å². The average Bonchev–Trinajstić information content (AvgIpc) is 3.23. The zero-order valence-corrected chi connectivity index (χ0v) is 20.2. The highest BCUT2D eigenvalue weighted by Crippen LogP contribution is 2.32. The topological polar surface area (TPSA) is 75.2 Å². The fourth-order valence-electron chi connectivity index (χ4n) is 3.69. The maximum atomic E-state index is 12.1. The molecule has 4 rings (SSSR count). The van der Waals surface area contributed by atoms with Crippen LogP contribution >= 0.6 is 24.0 Å². The van der Waals surface area contributed by atoms with Crippen LogP contribution in [0.5, 0.6) is 11.5 Å². The quantitative estimate of drug-likeness (QED) is 0.350. The Hall–Kier alpha value is -2.49. The zero-order chi connectivity index (χ0) is 20.9. The molecule has 1 unspecified atom stereocenters. The van der Waals surface area contributed by atoms with Gasteiger partial charge in [-0.05, 0) is 48.1 Å². The van der Waals surface area contributed by atoms with Crippen molar-refractivity contribution >= 4 is 35.8 Å². The number of hydrogen-bond acceptors (Lipinski definition) is 4. The summed E-state index contributed by atoms with van der Waals surface area (Å²) in [7, 11) is 3.50. The molecule has 166 valence electrons. The second kappa shape index (κ2) is 10.7. The maximum Gasteiger partial charge on any atom is 0.241 e. The van der Waals surface area contributed by atoms with Crippen LogP contribution in [0.25, 0.3) is 0 Å². The number of ether oxygens (including phenoxy) is 2. The van der Waals surface area contributed by atoms with E-state index < -0.39 is 0 Å². The molecule has 0 saturated heterocycles. The Kier molecular flexibility index (Phi) is 8.00. The molecular weight excluding hydrogens is 507 g/mol. The van der Waals surface area contributed by atoms with Crippen LogP contribution in [0, 0.1) is 0 Å². The van der Waals surface area contributed by atoms with E-state index >= 15 is 0 Å². The van der Waals surface area contributed by atoms with Crippen LogP contribution in [0.3, 0.4) is 0 Å². The van der Waals surface area contributed by atoms with Crippen LogP contribution in [0.2, 0.25) is 0 Å². The maximum absolute atomic E-state index is 12.1. The van der Waals surface area contributed by atoms with E-state index in [1.807, 2.05) is 18.2 Å². The van der Waals surface area contributed by atoms with E-state index in [0.29, 0.717) is 12.5 Å². The number of amides is 1. The van der Waals surface area contributed by atoms with Crippen molar-refractivity contribution < 1.29 is 14.3 Å². The summed E-state index contributed by atoms with van der Waals surface area (Å²) >= 11 is 0. The van der Waals surface area contributed by atoms with Gasteiger partial charge in [-0.15, -0.1) is 24.0 Å². The molecule has 31 heavy (non-hydrogen) atoms. The first kappa shape index (κ1) is 23.2. The first-order valence-corrected chi connectivity index (χ1v) is 10.3. The molecule has 1 amide bonds. The lowest BCUT2D eigenvalue weighted by atomic mass is 9.88. The largest absolute Gasteiger partial charge is 0.454 e. The van der Waals surface area contributed by atoms with Gasteiger partial charge >= 0.3 is 0 Å². The number of nitrogens with zero attached hydrogens (tertiary/aromatic N) is 2. The molecule has 0 aromatic heterocycles. The van der Waals surface area contributed by atoms with Crippen molar-refractivity contribution in [1.82, 2.24) is 15.5 Å². The van der Waals surface area contributed by atoms with E-state index in [-0.39, 0.29) is 49.3 Å². The number of guanidine groups is 1. The van der Waals surface area contributed by atoms with E-state index in [9.17, 15) is 4.79 Å². The van der Waals surface area contributed by atoms with E-state index in [1.165, 1.54) is 11.1 Å². The molecule has 0 fully saturated rings. The highest BCUT2D eigenvalue weighted by atomic mass is 127. The summed E-state index contributed by atoms with van der Waals surface area (Å²) in [5.41, 5.74) is 3.82. The third kappa shape index (κ3) is 6.03. The van der Waals surface area contributed by atoms with Crippen molar-refractivity contribution in [3.63, 3.8) is 0 Å².